The maximum absolute atomic E-state index is 11.0. The van der Waals surface area contributed by atoms with Gasteiger partial charge in [-0.25, -0.2) is 9.78 Å². The Kier molecular flexibility index (Phi) is 3.05. The Morgan fingerprint density at radius 3 is 3.12 bits per heavy atom. The molecule has 0 amide bonds. The third kappa shape index (κ3) is 1.99. The van der Waals surface area contributed by atoms with Gasteiger partial charge in [-0.1, -0.05) is 0 Å². The van der Waals surface area contributed by atoms with Gasteiger partial charge in [0.15, 0.2) is 0 Å². The summed E-state index contributed by atoms with van der Waals surface area (Å²) in [5.41, 5.74) is 5.87. The van der Waals surface area contributed by atoms with Crippen LogP contribution in [0.4, 0.5) is 5.82 Å². The van der Waals surface area contributed by atoms with Crippen LogP contribution in [0.15, 0.2) is 18.3 Å². The molecular weight excluding hydrogens is 206 g/mol. The van der Waals surface area contributed by atoms with E-state index in [0.29, 0.717) is 18.3 Å². The number of anilines is 1. The average molecular weight is 221 g/mol. The Morgan fingerprint density at radius 2 is 2.50 bits per heavy atom. The van der Waals surface area contributed by atoms with E-state index in [0.717, 1.165) is 19.5 Å². The highest BCUT2D eigenvalue weighted by Gasteiger charge is 2.25. The lowest BCUT2D eigenvalue weighted by molar-refractivity contribution is 0.0697. The van der Waals surface area contributed by atoms with Gasteiger partial charge in [-0.05, 0) is 31.0 Å². The summed E-state index contributed by atoms with van der Waals surface area (Å²) in [5, 5.41) is 9.06. The second kappa shape index (κ2) is 4.49. The molecule has 0 saturated carbocycles. The summed E-state index contributed by atoms with van der Waals surface area (Å²) in [5.74, 6) is 0.0777. The zero-order valence-electron chi connectivity index (χ0n) is 8.97. The van der Waals surface area contributed by atoms with Crippen LogP contribution in [-0.4, -0.2) is 35.7 Å². The summed E-state index contributed by atoms with van der Waals surface area (Å²) >= 11 is 0. The van der Waals surface area contributed by atoms with Crippen LogP contribution in [0, 0.1) is 5.92 Å². The number of pyridine rings is 1. The van der Waals surface area contributed by atoms with Crippen LogP contribution >= 0.6 is 0 Å². The molecule has 3 N–H and O–H groups in total. The summed E-state index contributed by atoms with van der Waals surface area (Å²) in [4.78, 5) is 17.2. The van der Waals surface area contributed by atoms with Crippen LogP contribution in [0.25, 0.3) is 0 Å². The number of aromatic carboxylic acids is 1. The maximum atomic E-state index is 11.0. The first-order chi connectivity index (χ1) is 7.72. The van der Waals surface area contributed by atoms with Crippen molar-refractivity contribution in [2.24, 2.45) is 11.7 Å². The van der Waals surface area contributed by atoms with Crippen LogP contribution in [0.5, 0.6) is 0 Å². The van der Waals surface area contributed by atoms with Crippen molar-refractivity contribution in [1.82, 2.24) is 4.98 Å². The molecule has 86 valence electrons. The fourth-order valence-corrected chi connectivity index (χ4v) is 2.03. The molecule has 1 saturated heterocycles. The normalized spacial score (nSPS) is 20.1. The van der Waals surface area contributed by atoms with E-state index in [1.807, 2.05) is 4.90 Å². The molecule has 5 nitrogen and oxygen atoms in total. The summed E-state index contributed by atoms with van der Waals surface area (Å²) < 4.78 is 0. The van der Waals surface area contributed by atoms with Gasteiger partial charge in [0.05, 0.1) is 0 Å². The Hall–Kier alpha value is -1.62. The minimum Gasteiger partial charge on any atom is -0.478 e. The number of rotatable bonds is 3. The second-order valence-electron chi connectivity index (χ2n) is 4.02. The predicted molar refractivity (Wildman–Crippen MR) is 60.6 cm³/mol. The van der Waals surface area contributed by atoms with Crippen molar-refractivity contribution in [1.29, 1.82) is 0 Å². The van der Waals surface area contributed by atoms with Crippen LogP contribution in [0.1, 0.15) is 16.8 Å². The lowest BCUT2D eigenvalue weighted by Gasteiger charge is -2.18. The molecule has 2 rings (SSSR count). The van der Waals surface area contributed by atoms with Gasteiger partial charge in [0.1, 0.15) is 11.4 Å². The van der Waals surface area contributed by atoms with Crippen LogP contribution in [-0.2, 0) is 0 Å². The molecule has 0 aromatic carbocycles. The molecule has 0 bridgehead atoms. The van der Waals surface area contributed by atoms with Crippen molar-refractivity contribution >= 4 is 11.8 Å². The smallest absolute Gasteiger partial charge is 0.339 e. The molecule has 5 heteroatoms. The van der Waals surface area contributed by atoms with Gasteiger partial charge in [-0.2, -0.15) is 0 Å². The zero-order chi connectivity index (χ0) is 11.5. The topological polar surface area (TPSA) is 79.5 Å². The molecule has 0 radical (unpaired) electrons. The van der Waals surface area contributed by atoms with Gasteiger partial charge >= 0.3 is 5.97 Å². The molecule has 1 fully saturated rings. The van der Waals surface area contributed by atoms with Crippen LogP contribution in [0.2, 0.25) is 0 Å². The van der Waals surface area contributed by atoms with E-state index in [9.17, 15) is 4.79 Å². The second-order valence-corrected chi connectivity index (χ2v) is 4.02. The molecule has 1 aliphatic rings. The monoisotopic (exact) mass is 221 g/mol. The van der Waals surface area contributed by atoms with Gasteiger partial charge in [0.25, 0.3) is 0 Å². The number of carboxylic acid groups (broad SMARTS) is 1. The number of aromatic nitrogens is 1. The number of nitrogens with zero attached hydrogens (tertiary/aromatic N) is 2. The third-order valence-electron chi connectivity index (χ3n) is 2.94. The van der Waals surface area contributed by atoms with Gasteiger partial charge in [-0.15, -0.1) is 0 Å². The van der Waals surface area contributed by atoms with Gasteiger partial charge in [0.2, 0.25) is 0 Å². The van der Waals surface area contributed by atoms with Gasteiger partial charge < -0.3 is 15.7 Å². The van der Waals surface area contributed by atoms with Crippen molar-refractivity contribution in [2.75, 3.05) is 24.5 Å². The van der Waals surface area contributed by atoms with E-state index in [4.69, 9.17) is 10.8 Å². The maximum Gasteiger partial charge on any atom is 0.339 e. The number of hydrogen-bond donors (Lipinski definition) is 2. The highest BCUT2D eigenvalue weighted by molar-refractivity contribution is 5.93. The Morgan fingerprint density at radius 1 is 1.69 bits per heavy atom. The summed E-state index contributed by atoms with van der Waals surface area (Å²) in [6, 6.07) is 3.23. The minimum absolute atomic E-state index is 0.264. The van der Waals surface area contributed by atoms with E-state index >= 15 is 0 Å². The number of carbonyl (C=O) groups is 1. The van der Waals surface area contributed by atoms with Crippen molar-refractivity contribution in [2.45, 2.75) is 6.42 Å². The fourth-order valence-electron chi connectivity index (χ4n) is 2.03. The molecule has 16 heavy (non-hydrogen) atoms. The van der Waals surface area contributed by atoms with Gasteiger partial charge in [-0.3, -0.25) is 0 Å². The molecule has 0 aliphatic carbocycles. The highest BCUT2D eigenvalue weighted by atomic mass is 16.4. The average Bonchev–Trinajstić information content (AvgIpc) is 2.77. The Labute approximate surface area is 93.9 Å². The van der Waals surface area contributed by atoms with E-state index in [2.05, 4.69) is 4.98 Å². The SMILES string of the molecule is NCC1CCN(c2ncccc2C(=O)O)C1. The van der Waals surface area contributed by atoms with Crippen LogP contribution < -0.4 is 10.6 Å². The number of carboxylic acids is 1. The Bertz CT molecular complexity index is 395. The first kappa shape index (κ1) is 10.9. The fraction of sp³-hybridized carbons (Fsp3) is 0.455. The van der Waals surface area contributed by atoms with E-state index in [1.54, 1.807) is 18.3 Å². The predicted octanol–water partition coefficient (Wildman–Crippen LogP) is 0.565. The summed E-state index contributed by atoms with van der Waals surface area (Å²) in [6.07, 6.45) is 2.63. The van der Waals surface area contributed by atoms with Crippen molar-refractivity contribution in [3.63, 3.8) is 0 Å². The number of hydrogen-bond acceptors (Lipinski definition) is 4. The van der Waals surface area contributed by atoms with Crippen LogP contribution in [0.3, 0.4) is 0 Å². The third-order valence-corrected chi connectivity index (χ3v) is 2.94. The van der Waals surface area contributed by atoms with Crippen molar-refractivity contribution < 1.29 is 9.90 Å². The van der Waals surface area contributed by atoms with Crippen molar-refractivity contribution in [3.8, 4) is 0 Å². The van der Waals surface area contributed by atoms with Crippen molar-refractivity contribution in [3.05, 3.63) is 23.9 Å². The molecule has 1 aliphatic heterocycles. The summed E-state index contributed by atoms with van der Waals surface area (Å²) in [7, 11) is 0. The molecular formula is C11H15N3O2. The lowest BCUT2D eigenvalue weighted by Crippen LogP contribution is -2.25. The van der Waals surface area contributed by atoms with E-state index < -0.39 is 5.97 Å². The number of nitrogens with two attached hydrogens (primary N) is 1. The minimum atomic E-state index is -0.931. The molecule has 1 aromatic heterocycles. The molecule has 1 unspecified atom stereocenters. The zero-order valence-corrected chi connectivity index (χ0v) is 8.97. The Balaban J connectivity index is 2.24. The molecule has 1 atom stereocenters. The first-order valence-corrected chi connectivity index (χ1v) is 5.35. The quantitative estimate of drug-likeness (QED) is 0.779. The largest absolute Gasteiger partial charge is 0.478 e. The van der Waals surface area contributed by atoms with E-state index in [1.165, 1.54) is 0 Å². The lowest BCUT2D eigenvalue weighted by atomic mass is 10.1. The summed E-state index contributed by atoms with van der Waals surface area (Å²) in [6.45, 7) is 2.28. The van der Waals surface area contributed by atoms with Gasteiger partial charge in [0, 0.05) is 19.3 Å². The first-order valence-electron chi connectivity index (χ1n) is 5.35. The highest BCUT2D eigenvalue weighted by Crippen LogP contribution is 2.24. The molecule has 1 aromatic rings. The molecule has 2 heterocycles. The van der Waals surface area contributed by atoms with E-state index in [-0.39, 0.29) is 5.56 Å². The standard InChI is InChI=1S/C11H15N3O2/c12-6-8-3-5-14(7-8)10-9(11(15)16)2-1-4-13-10/h1-2,4,8H,3,5-7,12H2,(H,15,16). The molecule has 0 spiro atoms.